The molecule has 0 aliphatic heterocycles. The third kappa shape index (κ3) is 1.06. The van der Waals surface area contributed by atoms with Crippen LogP contribution in [0.15, 0.2) is 36.4 Å². The van der Waals surface area contributed by atoms with E-state index in [1.165, 1.54) is 0 Å². The van der Waals surface area contributed by atoms with E-state index in [4.69, 9.17) is 4.74 Å². The molecule has 0 spiro atoms. The molecule has 0 radical (unpaired) electrons. The van der Waals surface area contributed by atoms with E-state index in [9.17, 15) is 5.11 Å². The normalized spacial score (nSPS) is 23.6. The van der Waals surface area contributed by atoms with E-state index in [1.54, 1.807) is 7.11 Å². The van der Waals surface area contributed by atoms with Gasteiger partial charge in [0.1, 0.15) is 0 Å². The quantitative estimate of drug-likeness (QED) is 0.715. The van der Waals surface area contributed by atoms with Crippen LogP contribution in [-0.4, -0.2) is 12.2 Å². The average molecular weight is 200 g/mol. The summed E-state index contributed by atoms with van der Waals surface area (Å²) in [5.41, 5.74) is 2.05. The summed E-state index contributed by atoms with van der Waals surface area (Å²) in [6, 6.07) is 12.1. The zero-order chi connectivity index (χ0) is 10.5. The van der Waals surface area contributed by atoms with Gasteiger partial charge < -0.3 is 9.84 Å². The number of aliphatic hydroxyl groups is 1. The van der Waals surface area contributed by atoms with Crippen molar-refractivity contribution in [2.75, 3.05) is 7.11 Å². The maximum atomic E-state index is 10.3. The first kappa shape index (κ1) is 8.89. The zero-order valence-electron chi connectivity index (χ0n) is 8.53. The van der Waals surface area contributed by atoms with Gasteiger partial charge in [-0.1, -0.05) is 36.4 Å². The lowest BCUT2D eigenvalue weighted by Crippen LogP contribution is -2.26. The third-order valence-corrected chi connectivity index (χ3v) is 3.18. The van der Waals surface area contributed by atoms with Gasteiger partial charge in [0.2, 0.25) is 0 Å². The van der Waals surface area contributed by atoms with Gasteiger partial charge in [-0.05, 0) is 16.3 Å². The highest BCUT2D eigenvalue weighted by molar-refractivity contribution is 5.91. The summed E-state index contributed by atoms with van der Waals surface area (Å²) >= 11 is 0. The SMILES string of the molecule is COC1(O)Cc2cccc3cccc1c23. The lowest BCUT2D eigenvalue weighted by Gasteiger charge is -2.21. The number of methoxy groups -OCH3 is 1. The first-order valence-electron chi connectivity index (χ1n) is 5.03. The van der Waals surface area contributed by atoms with Crippen molar-refractivity contribution in [1.29, 1.82) is 0 Å². The summed E-state index contributed by atoms with van der Waals surface area (Å²) in [4.78, 5) is 0. The smallest absolute Gasteiger partial charge is 0.196 e. The Hall–Kier alpha value is -1.38. The molecule has 0 aromatic heterocycles. The molecule has 1 aliphatic rings. The van der Waals surface area contributed by atoms with E-state index >= 15 is 0 Å². The molecule has 1 unspecified atom stereocenters. The predicted molar refractivity (Wildman–Crippen MR) is 58.6 cm³/mol. The van der Waals surface area contributed by atoms with Gasteiger partial charge in [0.25, 0.3) is 0 Å². The molecule has 1 atom stereocenters. The maximum Gasteiger partial charge on any atom is 0.196 e. The minimum absolute atomic E-state index is 0.542. The van der Waals surface area contributed by atoms with E-state index in [0.29, 0.717) is 6.42 Å². The second kappa shape index (κ2) is 2.81. The molecule has 15 heavy (non-hydrogen) atoms. The lowest BCUT2D eigenvalue weighted by molar-refractivity contribution is -0.188. The Bertz CT molecular complexity index is 528. The molecule has 1 N–H and O–H groups in total. The summed E-state index contributed by atoms with van der Waals surface area (Å²) in [5.74, 6) is -1.14. The monoisotopic (exact) mass is 200 g/mol. The van der Waals surface area contributed by atoms with Crippen molar-refractivity contribution in [2.24, 2.45) is 0 Å². The molecular formula is C13H12O2. The van der Waals surface area contributed by atoms with Crippen molar-refractivity contribution >= 4 is 10.8 Å². The lowest BCUT2D eigenvalue weighted by atomic mass is 10.0. The van der Waals surface area contributed by atoms with Crippen LogP contribution in [0, 0.1) is 0 Å². The van der Waals surface area contributed by atoms with Crippen molar-refractivity contribution in [3.8, 4) is 0 Å². The minimum atomic E-state index is -1.14. The van der Waals surface area contributed by atoms with Crippen LogP contribution < -0.4 is 0 Å². The van der Waals surface area contributed by atoms with Crippen LogP contribution in [0.3, 0.4) is 0 Å². The second-order valence-electron chi connectivity index (χ2n) is 3.99. The zero-order valence-corrected chi connectivity index (χ0v) is 8.53. The number of hydrogen-bond acceptors (Lipinski definition) is 2. The maximum absolute atomic E-state index is 10.3. The molecule has 2 aromatic rings. The van der Waals surface area contributed by atoms with Crippen molar-refractivity contribution < 1.29 is 9.84 Å². The molecule has 1 aliphatic carbocycles. The van der Waals surface area contributed by atoms with E-state index in [2.05, 4.69) is 12.1 Å². The van der Waals surface area contributed by atoms with Crippen molar-refractivity contribution in [3.05, 3.63) is 47.5 Å². The highest BCUT2D eigenvalue weighted by atomic mass is 16.6. The van der Waals surface area contributed by atoms with Gasteiger partial charge in [0.15, 0.2) is 5.79 Å². The number of rotatable bonds is 1. The summed E-state index contributed by atoms with van der Waals surface area (Å²) in [7, 11) is 1.55. The highest BCUT2D eigenvalue weighted by Gasteiger charge is 2.37. The van der Waals surface area contributed by atoms with Gasteiger partial charge in [-0.15, -0.1) is 0 Å². The van der Waals surface area contributed by atoms with Crippen LogP contribution >= 0.6 is 0 Å². The van der Waals surface area contributed by atoms with Gasteiger partial charge in [0.05, 0.1) is 0 Å². The van der Waals surface area contributed by atoms with Gasteiger partial charge in [-0.2, -0.15) is 0 Å². The first-order valence-corrected chi connectivity index (χ1v) is 5.03. The standard InChI is InChI=1S/C13H12O2/c1-15-13(14)8-10-6-2-4-9-5-3-7-11(13)12(9)10/h2-7,14H,8H2,1H3. The summed E-state index contributed by atoms with van der Waals surface area (Å²) in [5, 5.41) is 12.6. The Morgan fingerprint density at radius 2 is 1.93 bits per heavy atom. The highest BCUT2D eigenvalue weighted by Crippen LogP contribution is 2.41. The number of benzene rings is 2. The molecule has 2 aromatic carbocycles. The third-order valence-electron chi connectivity index (χ3n) is 3.18. The van der Waals surface area contributed by atoms with Crippen molar-refractivity contribution in [2.45, 2.75) is 12.2 Å². The molecule has 0 fully saturated rings. The minimum Gasteiger partial charge on any atom is -0.362 e. The molecule has 0 saturated heterocycles. The van der Waals surface area contributed by atoms with Crippen LogP contribution in [0.5, 0.6) is 0 Å². The van der Waals surface area contributed by atoms with Crippen LogP contribution in [0.4, 0.5) is 0 Å². The van der Waals surface area contributed by atoms with E-state index in [-0.39, 0.29) is 0 Å². The Kier molecular flexibility index (Phi) is 1.67. The molecule has 3 rings (SSSR count). The summed E-state index contributed by atoms with van der Waals surface area (Å²) < 4.78 is 5.23. The molecule has 0 saturated carbocycles. The van der Waals surface area contributed by atoms with Gasteiger partial charge in [-0.3, -0.25) is 0 Å². The van der Waals surface area contributed by atoms with Gasteiger partial charge in [0, 0.05) is 19.1 Å². The molecule has 76 valence electrons. The van der Waals surface area contributed by atoms with E-state index < -0.39 is 5.79 Å². The Labute approximate surface area is 88.1 Å². The molecule has 2 nitrogen and oxygen atoms in total. The largest absolute Gasteiger partial charge is 0.362 e. The Morgan fingerprint density at radius 3 is 2.67 bits per heavy atom. The van der Waals surface area contributed by atoms with E-state index in [1.807, 2.05) is 24.3 Å². The summed E-state index contributed by atoms with van der Waals surface area (Å²) in [6.07, 6.45) is 0.542. The molecule has 2 heteroatoms. The van der Waals surface area contributed by atoms with Gasteiger partial charge >= 0.3 is 0 Å². The van der Waals surface area contributed by atoms with Crippen LogP contribution in [0.1, 0.15) is 11.1 Å². The first-order chi connectivity index (χ1) is 7.24. The summed E-state index contributed by atoms with van der Waals surface area (Å²) in [6.45, 7) is 0. The fourth-order valence-corrected chi connectivity index (χ4v) is 2.43. The molecule has 0 heterocycles. The molecule has 0 bridgehead atoms. The van der Waals surface area contributed by atoms with Crippen LogP contribution in [0.25, 0.3) is 10.8 Å². The van der Waals surface area contributed by atoms with Crippen molar-refractivity contribution in [3.63, 3.8) is 0 Å². The average Bonchev–Trinajstić information content (AvgIpc) is 2.56. The molecule has 0 amide bonds. The Balaban J connectivity index is 2.41. The van der Waals surface area contributed by atoms with Crippen LogP contribution in [0.2, 0.25) is 0 Å². The fourth-order valence-electron chi connectivity index (χ4n) is 2.43. The van der Waals surface area contributed by atoms with Gasteiger partial charge in [-0.25, -0.2) is 0 Å². The fraction of sp³-hybridized carbons (Fsp3) is 0.231. The topological polar surface area (TPSA) is 29.5 Å². The van der Waals surface area contributed by atoms with Crippen LogP contribution in [-0.2, 0) is 16.9 Å². The second-order valence-corrected chi connectivity index (χ2v) is 3.99. The molecular weight excluding hydrogens is 188 g/mol. The number of hydrogen-bond donors (Lipinski definition) is 1. The predicted octanol–water partition coefficient (Wildman–Crippen LogP) is 2.19. The van der Waals surface area contributed by atoms with Crippen molar-refractivity contribution in [1.82, 2.24) is 0 Å². The number of ether oxygens (including phenoxy) is 1. The van der Waals surface area contributed by atoms with E-state index in [0.717, 1.165) is 21.9 Å². The Morgan fingerprint density at radius 1 is 1.20 bits per heavy atom.